The molecule has 0 aliphatic rings. The summed E-state index contributed by atoms with van der Waals surface area (Å²) in [5.74, 6) is 0.880. The van der Waals surface area contributed by atoms with Crippen molar-refractivity contribution in [2.24, 2.45) is 0 Å². The molecule has 16 heavy (non-hydrogen) atoms. The van der Waals surface area contributed by atoms with Gasteiger partial charge in [-0.25, -0.2) is 4.98 Å². The van der Waals surface area contributed by atoms with Crippen molar-refractivity contribution in [3.05, 3.63) is 33.7 Å². The quantitative estimate of drug-likeness (QED) is 0.757. The number of hydrogen-bond acceptors (Lipinski definition) is 1. The average Bonchev–Trinajstić information content (AvgIpc) is 2.56. The van der Waals surface area contributed by atoms with Crippen LogP contribution in [-0.2, 0) is 5.88 Å². The number of pyridine rings is 1. The molecule has 0 amide bonds. The monoisotopic (exact) mass is 300 g/mol. The summed E-state index contributed by atoms with van der Waals surface area (Å²) in [6.07, 6.45) is 2.08. The highest BCUT2D eigenvalue weighted by Crippen LogP contribution is 2.27. The molecule has 0 spiro atoms. The summed E-state index contributed by atoms with van der Waals surface area (Å²) in [5, 5.41) is 0. The fourth-order valence-corrected chi connectivity index (χ4v) is 2.80. The molecule has 2 aromatic heterocycles. The molecule has 0 unspecified atom stereocenters. The number of aryl methyl sites for hydroxylation is 1. The third-order valence-electron chi connectivity index (χ3n) is 2.62. The third kappa shape index (κ3) is 1.87. The van der Waals surface area contributed by atoms with Gasteiger partial charge in [-0.1, -0.05) is 13.8 Å². The number of fused-ring (bicyclic) bond motifs is 1. The van der Waals surface area contributed by atoms with Gasteiger partial charge in [0.05, 0.1) is 21.7 Å². The fraction of sp³-hybridized carbons (Fsp3) is 0.417. The molecule has 4 heteroatoms. The molecule has 2 rings (SSSR count). The first-order chi connectivity index (χ1) is 7.54. The van der Waals surface area contributed by atoms with Gasteiger partial charge in [0.25, 0.3) is 0 Å². The fourth-order valence-electron chi connectivity index (χ4n) is 1.89. The normalized spacial score (nSPS) is 11.6. The molecule has 0 N–H and O–H groups in total. The number of rotatable bonds is 2. The number of nitrogens with zero attached hydrogens (tertiary/aromatic N) is 2. The molecule has 0 aliphatic heterocycles. The Kier molecular flexibility index (Phi) is 3.27. The van der Waals surface area contributed by atoms with Crippen LogP contribution in [0.4, 0.5) is 0 Å². The molecular formula is C12H14BrClN2. The predicted molar refractivity (Wildman–Crippen MR) is 71.3 cm³/mol. The van der Waals surface area contributed by atoms with Gasteiger partial charge in [-0.3, -0.25) is 0 Å². The van der Waals surface area contributed by atoms with Gasteiger partial charge >= 0.3 is 0 Å². The summed E-state index contributed by atoms with van der Waals surface area (Å²) >= 11 is 9.57. The molecule has 0 aromatic carbocycles. The van der Waals surface area contributed by atoms with Crippen LogP contribution in [0, 0.1) is 6.92 Å². The highest BCUT2D eigenvalue weighted by Gasteiger charge is 2.15. The van der Waals surface area contributed by atoms with Crippen LogP contribution in [-0.4, -0.2) is 9.38 Å². The second-order valence-corrected chi connectivity index (χ2v) is 5.41. The smallest absolute Gasteiger partial charge is 0.151 e. The van der Waals surface area contributed by atoms with Gasteiger partial charge in [0.1, 0.15) is 0 Å². The van der Waals surface area contributed by atoms with Gasteiger partial charge in [0.15, 0.2) is 5.65 Å². The Morgan fingerprint density at radius 2 is 2.19 bits per heavy atom. The minimum absolute atomic E-state index is 0.390. The van der Waals surface area contributed by atoms with E-state index in [1.54, 1.807) is 0 Å². The highest BCUT2D eigenvalue weighted by molar-refractivity contribution is 9.10. The number of hydrogen-bond donors (Lipinski definition) is 0. The van der Waals surface area contributed by atoms with Crippen LogP contribution in [0.5, 0.6) is 0 Å². The largest absolute Gasteiger partial charge is 0.301 e. The van der Waals surface area contributed by atoms with Gasteiger partial charge in [-0.15, -0.1) is 11.6 Å². The maximum absolute atomic E-state index is 6.03. The Balaban J connectivity index is 2.82. The van der Waals surface area contributed by atoms with Crippen LogP contribution in [0.1, 0.15) is 36.7 Å². The first-order valence-corrected chi connectivity index (χ1v) is 6.60. The van der Waals surface area contributed by atoms with Gasteiger partial charge in [0, 0.05) is 6.20 Å². The molecule has 0 saturated heterocycles. The Labute approximate surface area is 109 Å². The molecule has 2 nitrogen and oxygen atoms in total. The van der Waals surface area contributed by atoms with Crippen LogP contribution in [0.3, 0.4) is 0 Å². The van der Waals surface area contributed by atoms with Crippen molar-refractivity contribution < 1.29 is 0 Å². The Hall–Kier alpha value is -0.540. The van der Waals surface area contributed by atoms with Gasteiger partial charge in [-0.05, 0) is 40.4 Å². The molecule has 0 saturated carbocycles. The molecule has 2 heterocycles. The summed E-state index contributed by atoms with van der Waals surface area (Å²) in [6.45, 7) is 6.34. The van der Waals surface area contributed by atoms with Gasteiger partial charge in [0.2, 0.25) is 0 Å². The van der Waals surface area contributed by atoms with Crippen LogP contribution < -0.4 is 0 Å². The zero-order chi connectivity index (χ0) is 11.9. The number of halogens is 2. The second kappa shape index (κ2) is 4.38. The van der Waals surface area contributed by atoms with Crippen LogP contribution in [0.25, 0.3) is 5.65 Å². The lowest BCUT2D eigenvalue weighted by molar-refractivity contribution is 0.818. The Bertz CT molecular complexity index is 531. The van der Waals surface area contributed by atoms with Gasteiger partial charge in [-0.2, -0.15) is 0 Å². The van der Waals surface area contributed by atoms with Crippen molar-refractivity contribution >= 4 is 33.2 Å². The highest BCUT2D eigenvalue weighted by atomic mass is 79.9. The zero-order valence-corrected chi connectivity index (χ0v) is 11.9. The molecule has 2 aromatic rings. The maximum Gasteiger partial charge on any atom is 0.151 e. The Morgan fingerprint density at radius 3 is 2.75 bits per heavy atom. The first-order valence-electron chi connectivity index (χ1n) is 5.27. The third-order valence-corrected chi connectivity index (χ3v) is 3.45. The van der Waals surface area contributed by atoms with E-state index in [0.717, 1.165) is 21.5 Å². The van der Waals surface area contributed by atoms with E-state index < -0.39 is 0 Å². The number of imidazole rings is 1. The topological polar surface area (TPSA) is 17.3 Å². The van der Waals surface area contributed by atoms with Crippen molar-refractivity contribution in [3.63, 3.8) is 0 Å². The first kappa shape index (κ1) is 11.9. The minimum atomic E-state index is 0.390. The zero-order valence-electron chi connectivity index (χ0n) is 9.59. The lowest BCUT2D eigenvalue weighted by atomic mass is 10.1. The summed E-state index contributed by atoms with van der Waals surface area (Å²) in [5.41, 5.74) is 4.32. The molecule has 0 bridgehead atoms. The lowest BCUT2D eigenvalue weighted by Gasteiger charge is -2.04. The molecular weight excluding hydrogens is 288 g/mol. The summed E-state index contributed by atoms with van der Waals surface area (Å²) in [7, 11) is 0. The molecule has 0 radical (unpaired) electrons. The minimum Gasteiger partial charge on any atom is -0.301 e. The lowest BCUT2D eigenvalue weighted by Crippen LogP contribution is -1.96. The van der Waals surface area contributed by atoms with Crippen molar-refractivity contribution in [3.8, 4) is 0 Å². The molecule has 0 aliphatic carbocycles. The molecule has 0 fully saturated rings. The second-order valence-electron chi connectivity index (χ2n) is 4.29. The van der Waals surface area contributed by atoms with Crippen LogP contribution in [0.2, 0.25) is 0 Å². The summed E-state index contributed by atoms with van der Waals surface area (Å²) in [4.78, 5) is 4.66. The maximum atomic E-state index is 6.03. The van der Waals surface area contributed by atoms with Crippen molar-refractivity contribution in [2.45, 2.75) is 32.6 Å². The van der Waals surface area contributed by atoms with Crippen molar-refractivity contribution in [2.75, 3.05) is 0 Å². The average molecular weight is 302 g/mol. The Morgan fingerprint density at radius 1 is 1.50 bits per heavy atom. The van der Waals surface area contributed by atoms with Crippen LogP contribution in [0.15, 0.2) is 16.7 Å². The molecule has 86 valence electrons. The molecule has 0 atom stereocenters. The van der Waals surface area contributed by atoms with E-state index in [-0.39, 0.29) is 0 Å². The van der Waals surface area contributed by atoms with E-state index in [4.69, 9.17) is 11.6 Å². The van der Waals surface area contributed by atoms with Crippen molar-refractivity contribution in [1.29, 1.82) is 0 Å². The van der Waals surface area contributed by atoms with Crippen LogP contribution >= 0.6 is 27.5 Å². The van der Waals surface area contributed by atoms with E-state index in [1.807, 2.05) is 0 Å². The van der Waals surface area contributed by atoms with E-state index >= 15 is 0 Å². The van der Waals surface area contributed by atoms with E-state index in [1.165, 1.54) is 5.56 Å². The summed E-state index contributed by atoms with van der Waals surface area (Å²) < 4.78 is 3.10. The van der Waals surface area contributed by atoms with E-state index in [9.17, 15) is 0 Å². The van der Waals surface area contributed by atoms with E-state index in [0.29, 0.717) is 11.8 Å². The van der Waals surface area contributed by atoms with Gasteiger partial charge < -0.3 is 4.40 Å². The number of aromatic nitrogens is 2. The summed E-state index contributed by atoms with van der Waals surface area (Å²) in [6, 6.07) is 2.07. The SMILES string of the molecule is Cc1cc(Br)c2nc(C(C)C)c(CCl)n2c1. The predicted octanol–water partition coefficient (Wildman–Crippen LogP) is 4.27. The standard InChI is InChI=1S/C12H14BrClN2/c1-7(2)11-10(5-14)16-6-8(3)4-9(13)12(16)15-11/h4,6-7H,5H2,1-3H3. The number of alkyl halides is 1. The van der Waals surface area contributed by atoms with Crippen molar-refractivity contribution in [1.82, 2.24) is 9.38 Å². The van der Waals surface area contributed by atoms with E-state index in [2.05, 4.69) is 58.3 Å².